The highest BCUT2D eigenvalue weighted by molar-refractivity contribution is 5.19. The van der Waals surface area contributed by atoms with Gasteiger partial charge in [-0.2, -0.15) is 13.2 Å². The number of morpholine rings is 1. The third-order valence-corrected chi connectivity index (χ3v) is 2.67. The number of hydrogen-bond donors (Lipinski definition) is 1. The number of hydrogen-bond acceptors (Lipinski definition) is 3. The SMILES string of the molecule is C[C@@H]1CNC(c2ccc(C(F)(F)F)cn2)CO1. The van der Waals surface area contributed by atoms with Crippen molar-refractivity contribution in [2.75, 3.05) is 13.2 Å². The predicted octanol–water partition coefficient (Wildman–Crippen LogP) is 2.15. The Hall–Kier alpha value is -1.14. The Labute approximate surface area is 97.0 Å². The molecule has 1 aromatic rings. The monoisotopic (exact) mass is 246 g/mol. The predicted molar refractivity (Wildman–Crippen MR) is 55.4 cm³/mol. The second-order valence-corrected chi connectivity index (χ2v) is 4.07. The third-order valence-electron chi connectivity index (χ3n) is 2.67. The first-order valence-electron chi connectivity index (χ1n) is 5.35. The van der Waals surface area contributed by atoms with Crippen LogP contribution >= 0.6 is 0 Å². The lowest BCUT2D eigenvalue weighted by Crippen LogP contribution is -2.40. The van der Waals surface area contributed by atoms with E-state index in [-0.39, 0.29) is 12.1 Å². The molecule has 1 N–H and O–H groups in total. The van der Waals surface area contributed by atoms with Crippen molar-refractivity contribution in [3.8, 4) is 0 Å². The molecule has 1 aliphatic heterocycles. The molecule has 1 unspecified atom stereocenters. The summed E-state index contributed by atoms with van der Waals surface area (Å²) in [5, 5.41) is 3.17. The summed E-state index contributed by atoms with van der Waals surface area (Å²) in [6, 6.07) is 2.30. The molecule has 0 saturated carbocycles. The summed E-state index contributed by atoms with van der Waals surface area (Å²) in [5.41, 5.74) is -0.156. The van der Waals surface area contributed by atoms with Crippen molar-refractivity contribution in [2.24, 2.45) is 0 Å². The van der Waals surface area contributed by atoms with Crippen LogP contribution in [0.2, 0.25) is 0 Å². The van der Waals surface area contributed by atoms with Gasteiger partial charge in [0.2, 0.25) is 0 Å². The quantitative estimate of drug-likeness (QED) is 0.824. The summed E-state index contributed by atoms with van der Waals surface area (Å²) in [5.74, 6) is 0. The first kappa shape index (κ1) is 12.3. The van der Waals surface area contributed by atoms with Crippen LogP contribution in [0.1, 0.15) is 24.2 Å². The van der Waals surface area contributed by atoms with Gasteiger partial charge in [0.05, 0.1) is 30.0 Å². The fourth-order valence-corrected chi connectivity index (χ4v) is 1.66. The Kier molecular flexibility index (Phi) is 3.35. The van der Waals surface area contributed by atoms with E-state index in [9.17, 15) is 13.2 Å². The summed E-state index contributed by atoms with van der Waals surface area (Å²) < 4.78 is 42.4. The molecular weight excluding hydrogens is 233 g/mol. The van der Waals surface area contributed by atoms with Crippen molar-refractivity contribution >= 4 is 0 Å². The van der Waals surface area contributed by atoms with Gasteiger partial charge in [0.15, 0.2) is 0 Å². The molecule has 0 radical (unpaired) electrons. The van der Waals surface area contributed by atoms with E-state index in [1.165, 1.54) is 6.07 Å². The van der Waals surface area contributed by atoms with E-state index in [1.807, 2.05) is 6.92 Å². The molecule has 2 rings (SSSR count). The van der Waals surface area contributed by atoms with Crippen molar-refractivity contribution in [3.63, 3.8) is 0 Å². The van der Waals surface area contributed by atoms with E-state index in [1.54, 1.807) is 0 Å². The minimum atomic E-state index is -4.34. The average Bonchev–Trinajstić information content (AvgIpc) is 2.29. The van der Waals surface area contributed by atoms with Gasteiger partial charge >= 0.3 is 6.18 Å². The molecule has 0 spiro atoms. The Bertz CT molecular complexity index is 369. The van der Waals surface area contributed by atoms with E-state index >= 15 is 0 Å². The van der Waals surface area contributed by atoms with Gasteiger partial charge in [0.1, 0.15) is 0 Å². The van der Waals surface area contributed by atoms with Crippen LogP contribution in [0, 0.1) is 0 Å². The number of nitrogens with zero attached hydrogens (tertiary/aromatic N) is 1. The van der Waals surface area contributed by atoms with E-state index in [0.29, 0.717) is 18.8 Å². The third kappa shape index (κ3) is 2.95. The minimum absolute atomic E-state index is 0.126. The van der Waals surface area contributed by atoms with Gasteiger partial charge in [-0.15, -0.1) is 0 Å². The number of nitrogens with one attached hydrogen (secondary N) is 1. The van der Waals surface area contributed by atoms with Crippen LogP contribution in [0.3, 0.4) is 0 Å². The number of pyridine rings is 1. The highest BCUT2D eigenvalue weighted by Gasteiger charge is 2.31. The van der Waals surface area contributed by atoms with Crippen LogP contribution in [0.15, 0.2) is 18.3 Å². The lowest BCUT2D eigenvalue weighted by atomic mass is 10.1. The van der Waals surface area contributed by atoms with Crippen molar-refractivity contribution in [3.05, 3.63) is 29.6 Å². The lowest BCUT2D eigenvalue weighted by Gasteiger charge is -2.28. The molecule has 2 heterocycles. The standard InChI is InChI=1S/C11H13F3N2O/c1-7-4-15-10(6-17-7)9-3-2-8(5-16-9)11(12,13)14/h2-3,5,7,10,15H,4,6H2,1H3/t7-,10?/m1/s1. The molecule has 1 aromatic heterocycles. The second-order valence-electron chi connectivity index (χ2n) is 4.07. The van der Waals surface area contributed by atoms with E-state index in [0.717, 1.165) is 12.3 Å². The maximum absolute atomic E-state index is 12.3. The molecule has 0 aromatic carbocycles. The summed E-state index contributed by atoms with van der Waals surface area (Å²) in [6.45, 7) is 3.04. The largest absolute Gasteiger partial charge is 0.417 e. The molecular formula is C11H13F3N2O. The van der Waals surface area contributed by atoms with Gasteiger partial charge in [0, 0.05) is 12.7 Å². The first-order chi connectivity index (χ1) is 7.97. The highest BCUT2D eigenvalue weighted by atomic mass is 19.4. The van der Waals surface area contributed by atoms with Gasteiger partial charge in [-0.1, -0.05) is 0 Å². The normalized spacial score (nSPS) is 25.9. The van der Waals surface area contributed by atoms with E-state index < -0.39 is 11.7 Å². The minimum Gasteiger partial charge on any atom is -0.375 e. The Morgan fingerprint density at radius 3 is 2.65 bits per heavy atom. The van der Waals surface area contributed by atoms with Gasteiger partial charge in [-0.3, -0.25) is 4.98 Å². The number of alkyl halides is 3. The van der Waals surface area contributed by atoms with Crippen LogP contribution in [-0.4, -0.2) is 24.2 Å². The van der Waals surface area contributed by atoms with Crippen molar-refractivity contribution in [2.45, 2.75) is 25.2 Å². The number of aromatic nitrogens is 1. The summed E-state index contributed by atoms with van der Waals surface area (Å²) >= 11 is 0. The van der Waals surface area contributed by atoms with Gasteiger partial charge in [0.25, 0.3) is 0 Å². The Balaban J connectivity index is 2.08. The van der Waals surface area contributed by atoms with Gasteiger partial charge in [-0.25, -0.2) is 0 Å². The van der Waals surface area contributed by atoms with Crippen molar-refractivity contribution in [1.82, 2.24) is 10.3 Å². The summed E-state index contributed by atoms with van der Waals surface area (Å²) in [7, 11) is 0. The zero-order valence-electron chi connectivity index (χ0n) is 9.29. The fourth-order valence-electron chi connectivity index (χ4n) is 1.66. The molecule has 0 bridgehead atoms. The van der Waals surface area contributed by atoms with Crippen molar-refractivity contribution in [1.29, 1.82) is 0 Å². The Morgan fingerprint density at radius 1 is 1.41 bits per heavy atom. The summed E-state index contributed by atoms with van der Waals surface area (Å²) in [6.07, 6.45) is -3.35. The molecule has 94 valence electrons. The number of halogens is 3. The van der Waals surface area contributed by atoms with E-state index in [2.05, 4.69) is 10.3 Å². The lowest BCUT2D eigenvalue weighted by molar-refractivity contribution is -0.137. The van der Waals surface area contributed by atoms with Crippen LogP contribution < -0.4 is 5.32 Å². The zero-order valence-corrected chi connectivity index (χ0v) is 9.29. The zero-order chi connectivity index (χ0) is 12.5. The van der Waals surface area contributed by atoms with Gasteiger partial charge in [-0.05, 0) is 19.1 Å². The van der Waals surface area contributed by atoms with Crippen LogP contribution in [-0.2, 0) is 10.9 Å². The summed E-state index contributed by atoms with van der Waals surface area (Å²) in [4.78, 5) is 3.83. The van der Waals surface area contributed by atoms with E-state index in [4.69, 9.17) is 4.74 Å². The van der Waals surface area contributed by atoms with Crippen LogP contribution in [0.25, 0.3) is 0 Å². The first-order valence-corrected chi connectivity index (χ1v) is 5.35. The highest BCUT2D eigenvalue weighted by Crippen LogP contribution is 2.29. The molecule has 1 aliphatic rings. The maximum Gasteiger partial charge on any atom is 0.417 e. The second kappa shape index (κ2) is 4.62. The fraction of sp³-hybridized carbons (Fsp3) is 0.545. The molecule has 0 aliphatic carbocycles. The molecule has 0 amide bonds. The molecule has 2 atom stereocenters. The average molecular weight is 246 g/mol. The molecule has 17 heavy (non-hydrogen) atoms. The van der Waals surface area contributed by atoms with Crippen LogP contribution in [0.4, 0.5) is 13.2 Å². The molecule has 6 heteroatoms. The molecule has 3 nitrogen and oxygen atoms in total. The Morgan fingerprint density at radius 2 is 2.18 bits per heavy atom. The number of rotatable bonds is 1. The maximum atomic E-state index is 12.3. The molecule has 1 saturated heterocycles. The van der Waals surface area contributed by atoms with Crippen LogP contribution in [0.5, 0.6) is 0 Å². The smallest absolute Gasteiger partial charge is 0.375 e. The van der Waals surface area contributed by atoms with Gasteiger partial charge < -0.3 is 10.1 Å². The number of ether oxygens (including phenoxy) is 1. The topological polar surface area (TPSA) is 34.2 Å². The molecule has 1 fully saturated rings. The van der Waals surface area contributed by atoms with Crippen molar-refractivity contribution < 1.29 is 17.9 Å².